The van der Waals surface area contributed by atoms with E-state index in [4.69, 9.17) is 9.88 Å². The molecular formula is C20H28N2O4S. The number of nitrogens with two attached hydrogens (primary N) is 1. The van der Waals surface area contributed by atoms with E-state index in [0.717, 1.165) is 12.8 Å². The number of hydrogen-bond donors (Lipinski definition) is 1. The van der Waals surface area contributed by atoms with Gasteiger partial charge >= 0.3 is 6.09 Å². The molecule has 0 bridgehead atoms. The molecule has 1 aromatic carbocycles. The van der Waals surface area contributed by atoms with Gasteiger partial charge in [-0.2, -0.15) is 0 Å². The van der Waals surface area contributed by atoms with Crippen LogP contribution in [0.25, 0.3) is 0 Å². The molecule has 27 heavy (non-hydrogen) atoms. The van der Waals surface area contributed by atoms with Gasteiger partial charge in [0.2, 0.25) is 10.0 Å². The van der Waals surface area contributed by atoms with Crippen LogP contribution in [0, 0.1) is 17.8 Å². The van der Waals surface area contributed by atoms with Gasteiger partial charge in [-0.25, -0.2) is 18.4 Å². The third-order valence-corrected chi connectivity index (χ3v) is 5.27. The summed E-state index contributed by atoms with van der Waals surface area (Å²) in [6, 6.07) is 6.46. The number of benzene rings is 1. The van der Waals surface area contributed by atoms with Crippen LogP contribution >= 0.6 is 0 Å². The van der Waals surface area contributed by atoms with Crippen molar-refractivity contribution in [1.82, 2.24) is 4.90 Å². The summed E-state index contributed by atoms with van der Waals surface area (Å²) in [5, 5.41) is 5.13. The third-order valence-electron chi connectivity index (χ3n) is 4.36. The molecule has 1 heterocycles. The van der Waals surface area contributed by atoms with Crippen LogP contribution in [0.5, 0.6) is 0 Å². The van der Waals surface area contributed by atoms with Gasteiger partial charge in [0, 0.05) is 24.6 Å². The van der Waals surface area contributed by atoms with Crippen LogP contribution in [0.1, 0.15) is 52.5 Å². The molecule has 0 radical (unpaired) electrons. The zero-order valence-corrected chi connectivity index (χ0v) is 17.2. The van der Waals surface area contributed by atoms with Crippen LogP contribution < -0.4 is 5.14 Å². The highest BCUT2D eigenvalue weighted by Gasteiger charge is 2.34. The van der Waals surface area contributed by atoms with Crippen molar-refractivity contribution < 1.29 is 17.9 Å². The Balaban J connectivity index is 1.89. The van der Waals surface area contributed by atoms with Gasteiger partial charge in [0.1, 0.15) is 5.60 Å². The van der Waals surface area contributed by atoms with Crippen molar-refractivity contribution in [1.29, 1.82) is 0 Å². The molecular weight excluding hydrogens is 364 g/mol. The average Bonchev–Trinajstić information content (AvgIpc) is 2.90. The summed E-state index contributed by atoms with van der Waals surface area (Å²) >= 11 is 0. The predicted molar refractivity (Wildman–Crippen MR) is 104 cm³/mol. The first-order valence-corrected chi connectivity index (χ1v) is 10.6. The number of rotatable bonds is 3. The molecule has 1 fully saturated rings. The summed E-state index contributed by atoms with van der Waals surface area (Å²) in [7, 11) is -3.72. The van der Waals surface area contributed by atoms with Crippen LogP contribution in [-0.4, -0.2) is 37.6 Å². The lowest BCUT2D eigenvalue weighted by molar-refractivity contribution is 0.0233. The summed E-state index contributed by atoms with van der Waals surface area (Å²) in [6.07, 6.45) is 2.23. The molecule has 0 aliphatic carbocycles. The van der Waals surface area contributed by atoms with Crippen molar-refractivity contribution in [2.75, 3.05) is 6.54 Å². The molecule has 1 amide bonds. The molecule has 1 aliphatic rings. The zero-order chi connectivity index (χ0) is 20.2. The van der Waals surface area contributed by atoms with E-state index in [1.165, 1.54) is 12.1 Å². The Morgan fingerprint density at radius 2 is 2.07 bits per heavy atom. The lowest BCUT2D eigenvalue weighted by Gasteiger charge is -2.27. The summed E-state index contributed by atoms with van der Waals surface area (Å²) in [4.78, 5) is 14.1. The Morgan fingerprint density at radius 3 is 2.70 bits per heavy atom. The van der Waals surface area contributed by atoms with Crippen molar-refractivity contribution in [3.05, 3.63) is 29.8 Å². The second kappa shape index (κ2) is 8.32. The zero-order valence-electron chi connectivity index (χ0n) is 16.4. The molecule has 0 saturated carbocycles. The van der Waals surface area contributed by atoms with Crippen molar-refractivity contribution in [3.63, 3.8) is 0 Å². The maximum Gasteiger partial charge on any atom is 0.410 e. The van der Waals surface area contributed by atoms with Gasteiger partial charge < -0.3 is 9.64 Å². The molecule has 0 aromatic heterocycles. The molecule has 1 aliphatic heterocycles. The minimum atomic E-state index is -3.72. The first kappa shape index (κ1) is 21.3. The standard InChI is InChI=1S/C20H28N2O4S/c1-15-12-17(14-22(15)19(23)26-20(2,3)4)9-6-5-8-16-10-7-11-18(13-16)27(21,24)25/h7,10-11,13,15,17H,6,9,12,14H2,1-4H3,(H2,21,24,25). The molecule has 2 N–H and O–H groups in total. The number of likely N-dealkylation sites (tertiary alicyclic amines) is 1. The van der Waals surface area contributed by atoms with Gasteiger partial charge in [-0.3, -0.25) is 0 Å². The lowest BCUT2D eigenvalue weighted by Crippen LogP contribution is -2.38. The quantitative estimate of drug-likeness (QED) is 0.801. The SMILES string of the molecule is CC1CC(CCC#Cc2cccc(S(N)(=O)=O)c2)CN1C(=O)OC(C)(C)C. The van der Waals surface area contributed by atoms with Gasteiger partial charge in [-0.05, 0) is 64.7 Å². The molecule has 2 atom stereocenters. The summed E-state index contributed by atoms with van der Waals surface area (Å²) in [5.74, 6) is 6.45. The Morgan fingerprint density at radius 1 is 1.37 bits per heavy atom. The fourth-order valence-corrected chi connectivity index (χ4v) is 3.68. The monoisotopic (exact) mass is 392 g/mol. The highest BCUT2D eigenvalue weighted by molar-refractivity contribution is 7.89. The largest absolute Gasteiger partial charge is 0.444 e. The highest BCUT2D eigenvalue weighted by Crippen LogP contribution is 2.28. The summed E-state index contributed by atoms with van der Waals surface area (Å²) in [6.45, 7) is 8.31. The third kappa shape index (κ3) is 6.56. The number of amides is 1. The first-order valence-electron chi connectivity index (χ1n) is 9.07. The number of carbonyl (C=O) groups is 1. The van der Waals surface area contributed by atoms with Crippen LogP contribution in [0.15, 0.2) is 29.2 Å². The van der Waals surface area contributed by atoms with E-state index in [2.05, 4.69) is 11.8 Å². The van der Waals surface area contributed by atoms with Crippen LogP contribution in [0.2, 0.25) is 0 Å². The average molecular weight is 393 g/mol. The smallest absolute Gasteiger partial charge is 0.410 e. The van der Waals surface area contributed by atoms with E-state index >= 15 is 0 Å². The second-order valence-electron chi connectivity index (χ2n) is 8.00. The fourth-order valence-electron chi connectivity index (χ4n) is 3.12. The van der Waals surface area contributed by atoms with E-state index in [1.807, 2.05) is 27.7 Å². The molecule has 148 valence electrons. The molecule has 6 nitrogen and oxygen atoms in total. The van der Waals surface area contributed by atoms with E-state index in [1.54, 1.807) is 17.0 Å². The highest BCUT2D eigenvalue weighted by atomic mass is 32.2. The number of ether oxygens (including phenoxy) is 1. The van der Waals surface area contributed by atoms with Crippen LogP contribution in [-0.2, 0) is 14.8 Å². The number of nitrogens with zero attached hydrogens (tertiary/aromatic N) is 1. The number of hydrogen-bond acceptors (Lipinski definition) is 4. The van der Waals surface area contributed by atoms with Crippen molar-refractivity contribution in [2.24, 2.45) is 11.1 Å². The van der Waals surface area contributed by atoms with Crippen molar-refractivity contribution in [3.8, 4) is 11.8 Å². The Hall–Kier alpha value is -2.04. The van der Waals surface area contributed by atoms with Crippen LogP contribution in [0.3, 0.4) is 0 Å². The topological polar surface area (TPSA) is 89.7 Å². The maximum absolute atomic E-state index is 12.3. The van der Waals surface area contributed by atoms with Gasteiger partial charge in [-0.15, -0.1) is 0 Å². The lowest BCUT2D eigenvalue weighted by atomic mass is 10.0. The van der Waals surface area contributed by atoms with Crippen molar-refractivity contribution >= 4 is 16.1 Å². The molecule has 2 rings (SSSR count). The Kier molecular flexibility index (Phi) is 6.55. The van der Waals surface area contributed by atoms with Gasteiger partial charge in [-0.1, -0.05) is 17.9 Å². The van der Waals surface area contributed by atoms with Crippen LogP contribution in [0.4, 0.5) is 4.79 Å². The number of primary sulfonamides is 1. The molecule has 7 heteroatoms. The second-order valence-corrected chi connectivity index (χ2v) is 9.56. The van der Waals surface area contributed by atoms with E-state index in [0.29, 0.717) is 24.4 Å². The van der Waals surface area contributed by atoms with E-state index in [-0.39, 0.29) is 17.0 Å². The Labute approximate surface area is 162 Å². The van der Waals surface area contributed by atoms with Gasteiger partial charge in [0.05, 0.1) is 4.90 Å². The summed E-state index contributed by atoms with van der Waals surface area (Å²) < 4.78 is 28.2. The fraction of sp³-hybridized carbons (Fsp3) is 0.550. The van der Waals surface area contributed by atoms with Gasteiger partial charge in [0.15, 0.2) is 0 Å². The normalized spacial score (nSPS) is 20.1. The minimum Gasteiger partial charge on any atom is -0.444 e. The van der Waals surface area contributed by atoms with Crippen molar-refractivity contribution in [2.45, 2.75) is 63.5 Å². The van der Waals surface area contributed by atoms with E-state index in [9.17, 15) is 13.2 Å². The summed E-state index contributed by atoms with van der Waals surface area (Å²) in [5.41, 5.74) is 0.128. The Bertz CT molecular complexity index is 847. The minimum absolute atomic E-state index is 0.0620. The number of sulfonamides is 1. The molecule has 0 spiro atoms. The molecule has 1 aromatic rings. The van der Waals surface area contributed by atoms with Gasteiger partial charge in [0.25, 0.3) is 0 Å². The predicted octanol–water partition coefficient (Wildman–Crippen LogP) is 3.11. The molecule has 2 unspecified atom stereocenters. The number of carbonyl (C=O) groups excluding carboxylic acids is 1. The maximum atomic E-state index is 12.3. The molecule has 1 saturated heterocycles. The first-order chi connectivity index (χ1) is 12.5. The van der Waals surface area contributed by atoms with E-state index < -0.39 is 15.6 Å².